The van der Waals surface area contributed by atoms with Crippen LogP contribution in [0.3, 0.4) is 0 Å². The van der Waals surface area contributed by atoms with Gasteiger partial charge in [-0.15, -0.1) is 0 Å². The number of pyridine rings is 1. The van der Waals surface area contributed by atoms with Crippen LogP contribution in [0.5, 0.6) is 0 Å². The summed E-state index contributed by atoms with van der Waals surface area (Å²) in [5, 5.41) is 7.14. The first-order valence-electron chi connectivity index (χ1n) is 8.80. The minimum Gasteiger partial charge on any atom is -0.371 e. The molecule has 126 valence electrons. The number of fused-ring (bicyclic) bond motifs is 2. The minimum atomic E-state index is 0.930. The van der Waals surface area contributed by atoms with E-state index in [0.717, 1.165) is 40.9 Å². The molecule has 4 nitrogen and oxygen atoms in total. The van der Waals surface area contributed by atoms with Crippen LogP contribution in [-0.2, 0) is 7.05 Å². The van der Waals surface area contributed by atoms with Crippen molar-refractivity contribution >= 4 is 27.6 Å². The van der Waals surface area contributed by atoms with Gasteiger partial charge in [-0.1, -0.05) is 48.5 Å². The lowest BCUT2D eigenvalue weighted by molar-refractivity contribution is 0.791. The second-order valence-corrected chi connectivity index (χ2v) is 6.19. The first-order valence-corrected chi connectivity index (χ1v) is 8.80. The normalized spacial score (nSPS) is 11.3. The zero-order valence-corrected chi connectivity index (χ0v) is 14.9. The number of aromatic nitrogens is 3. The molecule has 25 heavy (non-hydrogen) atoms. The highest BCUT2D eigenvalue weighted by atomic mass is 15.3. The summed E-state index contributed by atoms with van der Waals surface area (Å²) in [6.45, 7) is 6.29. The van der Waals surface area contributed by atoms with Gasteiger partial charge in [-0.3, -0.25) is 0 Å². The van der Waals surface area contributed by atoms with E-state index in [1.54, 1.807) is 0 Å². The predicted octanol–water partition coefficient (Wildman–Crippen LogP) is 4.63. The predicted molar refractivity (Wildman–Crippen MR) is 105 cm³/mol. The van der Waals surface area contributed by atoms with Gasteiger partial charge in [-0.25, -0.2) is 9.67 Å². The molecule has 0 bridgehead atoms. The third-order valence-corrected chi connectivity index (χ3v) is 4.77. The average Bonchev–Trinajstić information content (AvgIpc) is 2.99. The Morgan fingerprint density at radius 2 is 1.60 bits per heavy atom. The molecule has 0 radical (unpaired) electrons. The molecule has 0 aliphatic carbocycles. The first kappa shape index (κ1) is 15.6. The Bertz CT molecular complexity index is 1030. The van der Waals surface area contributed by atoms with Gasteiger partial charge in [-0.05, 0) is 19.9 Å². The average molecular weight is 330 g/mol. The third-order valence-electron chi connectivity index (χ3n) is 4.77. The van der Waals surface area contributed by atoms with Crippen LogP contribution in [0, 0.1) is 0 Å². The van der Waals surface area contributed by atoms with Crippen LogP contribution >= 0.6 is 0 Å². The van der Waals surface area contributed by atoms with Gasteiger partial charge >= 0.3 is 0 Å². The summed E-state index contributed by atoms with van der Waals surface area (Å²) in [5.41, 5.74) is 5.30. The molecule has 0 unspecified atom stereocenters. The highest BCUT2D eigenvalue weighted by Crippen LogP contribution is 2.39. The molecule has 4 heteroatoms. The number of aryl methyl sites for hydroxylation is 1. The van der Waals surface area contributed by atoms with Crippen molar-refractivity contribution in [2.45, 2.75) is 13.8 Å². The van der Waals surface area contributed by atoms with E-state index in [1.807, 2.05) is 23.9 Å². The monoisotopic (exact) mass is 330 g/mol. The minimum absolute atomic E-state index is 0.930. The Morgan fingerprint density at radius 1 is 0.920 bits per heavy atom. The van der Waals surface area contributed by atoms with Gasteiger partial charge in [0.15, 0.2) is 5.65 Å². The van der Waals surface area contributed by atoms with Crippen LogP contribution in [0.1, 0.15) is 13.8 Å². The molecule has 0 spiro atoms. The van der Waals surface area contributed by atoms with Crippen molar-refractivity contribution in [2.75, 3.05) is 18.0 Å². The molecule has 0 saturated heterocycles. The number of para-hydroxylation sites is 1. The van der Waals surface area contributed by atoms with Gasteiger partial charge in [0, 0.05) is 31.1 Å². The number of anilines is 1. The maximum absolute atomic E-state index is 4.91. The highest BCUT2D eigenvalue weighted by Gasteiger charge is 2.21. The maximum Gasteiger partial charge on any atom is 0.160 e. The molecule has 0 aliphatic heterocycles. The Balaban J connectivity index is 2.18. The van der Waals surface area contributed by atoms with Crippen LogP contribution in [0.4, 0.5) is 5.69 Å². The first-order chi connectivity index (χ1) is 12.2. The summed E-state index contributed by atoms with van der Waals surface area (Å²) in [6.07, 6.45) is 0. The lowest BCUT2D eigenvalue weighted by Gasteiger charge is -2.24. The Morgan fingerprint density at radius 3 is 2.32 bits per heavy atom. The van der Waals surface area contributed by atoms with Crippen LogP contribution < -0.4 is 4.90 Å². The summed E-state index contributed by atoms with van der Waals surface area (Å²) in [5.74, 6) is 0. The smallest absolute Gasteiger partial charge is 0.160 e. The van der Waals surface area contributed by atoms with Gasteiger partial charge in [0.25, 0.3) is 0 Å². The molecule has 0 fully saturated rings. The molecule has 2 aromatic carbocycles. The fourth-order valence-electron chi connectivity index (χ4n) is 3.55. The molecule has 2 heterocycles. The zero-order valence-electron chi connectivity index (χ0n) is 14.9. The Kier molecular flexibility index (Phi) is 3.88. The van der Waals surface area contributed by atoms with E-state index in [1.165, 1.54) is 11.1 Å². The molecule has 0 aliphatic rings. The largest absolute Gasteiger partial charge is 0.371 e. The standard InChI is InChI=1S/C21H22N4/c1-4-25(5-2)20-16-13-9-10-14-17(16)22-21-18(20)19(23-24(21)3)15-11-7-6-8-12-15/h6-14H,4-5H2,1-3H3. The van der Waals surface area contributed by atoms with E-state index in [2.05, 4.69) is 61.2 Å². The van der Waals surface area contributed by atoms with Crippen molar-refractivity contribution in [3.8, 4) is 11.3 Å². The number of hydrogen-bond donors (Lipinski definition) is 0. The molecule has 0 saturated carbocycles. The van der Waals surface area contributed by atoms with Crippen molar-refractivity contribution in [3.63, 3.8) is 0 Å². The summed E-state index contributed by atoms with van der Waals surface area (Å²) < 4.78 is 1.90. The molecule has 4 aromatic rings. The van der Waals surface area contributed by atoms with Gasteiger partial charge < -0.3 is 4.90 Å². The van der Waals surface area contributed by atoms with Crippen LogP contribution in [0.15, 0.2) is 54.6 Å². The molecular weight excluding hydrogens is 308 g/mol. The number of rotatable bonds is 4. The second kappa shape index (κ2) is 6.20. The van der Waals surface area contributed by atoms with Crippen molar-refractivity contribution in [1.82, 2.24) is 14.8 Å². The topological polar surface area (TPSA) is 34.0 Å². The zero-order chi connectivity index (χ0) is 17.4. The SMILES string of the molecule is CCN(CC)c1c2ccccc2nc2c1c(-c1ccccc1)nn2C. The molecule has 0 amide bonds. The number of nitrogens with zero attached hydrogens (tertiary/aromatic N) is 4. The van der Waals surface area contributed by atoms with Gasteiger partial charge in [0.05, 0.1) is 16.6 Å². The van der Waals surface area contributed by atoms with Gasteiger partial charge in [-0.2, -0.15) is 5.10 Å². The summed E-state index contributed by atoms with van der Waals surface area (Å²) in [4.78, 5) is 7.31. The fourth-order valence-corrected chi connectivity index (χ4v) is 3.55. The quantitative estimate of drug-likeness (QED) is 0.547. The lowest BCUT2D eigenvalue weighted by Crippen LogP contribution is -2.22. The van der Waals surface area contributed by atoms with E-state index < -0.39 is 0 Å². The summed E-state index contributed by atoms with van der Waals surface area (Å²) >= 11 is 0. The van der Waals surface area contributed by atoms with Crippen LogP contribution in [0.2, 0.25) is 0 Å². The lowest BCUT2D eigenvalue weighted by atomic mass is 10.0. The van der Waals surface area contributed by atoms with Crippen molar-refractivity contribution in [3.05, 3.63) is 54.6 Å². The molecule has 4 rings (SSSR count). The van der Waals surface area contributed by atoms with E-state index in [9.17, 15) is 0 Å². The van der Waals surface area contributed by atoms with Crippen molar-refractivity contribution in [1.29, 1.82) is 0 Å². The fraction of sp³-hybridized carbons (Fsp3) is 0.238. The van der Waals surface area contributed by atoms with E-state index in [-0.39, 0.29) is 0 Å². The Hall–Kier alpha value is -2.88. The maximum atomic E-state index is 4.91. The van der Waals surface area contributed by atoms with Crippen LogP contribution in [0.25, 0.3) is 33.2 Å². The molecule has 0 atom stereocenters. The summed E-state index contributed by atoms with van der Waals surface area (Å²) in [7, 11) is 1.97. The van der Waals surface area contributed by atoms with Crippen LogP contribution in [-0.4, -0.2) is 27.9 Å². The molecule has 2 aromatic heterocycles. The van der Waals surface area contributed by atoms with Gasteiger partial charge in [0.1, 0.15) is 5.69 Å². The number of benzene rings is 2. The van der Waals surface area contributed by atoms with E-state index >= 15 is 0 Å². The second-order valence-electron chi connectivity index (χ2n) is 6.19. The molecule has 0 N–H and O–H groups in total. The van der Waals surface area contributed by atoms with E-state index in [4.69, 9.17) is 10.1 Å². The van der Waals surface area contributed by atoms with Crippen molar-refractivity contribution < 1.29 is 0 Å². The Labute approximate surface area is 147 Å². The summed E-state index contributed by atoms with van der Waals surface area (Å²) in [6, 6.07) is 18.7. The highest BCUT2D eigenvalue weighted by molar-refractivity contribution is 6.12. The van der Waals surface area contributed by atoms with E-state index in [0.29, 0.717) is 0 Å². The van der Waals surface area contributed by atoms with Gasteiger partial charge in [0.2, 0.25) is 0 Å². The third kappa shape index (κ3) is 2.45. The van der Waals surface area contributed by atoms with Crippen molar-refractivity contribution in [2.24, 2.45) is 7.05 Å². The molecular formula is C21H22N4. The number of hydrogen-bond acceptors (Lipinski definition) is 3.